The highest BCUT2D eigenvalue weighted by Gasteiger charge is 2.16. The quantitative estimate of drug-likeness (QED) is 0.632. The van der Waals surface area contributed by atoms with E-state index in [0.717, 1.165) is 25.9 Å². The maximum atomic E-state index is 10.3. The van der Waals surface area contributed by atoms with Crippen molar-refractivity contribution in [3.8, 4) is 0 Å². The van der Waals surface area contributed by atoms with Gasteiger partial charge in [-0.1, -0.05) is 11.1 Å². The van der Waals surface area contributed by atoms with Crippen molar-refractivity contribution in [3.05, 3.63) is 0 Å². The summed E-state index contributed by atoms with van der Waals surface area (Å²) < 4.78 is 20.6. The zero-order valence-corrected chi connectivity index (χ0v) is 8.81. The molecule has 0 aromatic heterocycles. The Kier molecular flexibility index (Phi) is 4.87. The number of nitrogens with one attached hydrogen (secondary N) is 1. The molecule has 0 saturated carbocycles. The topological polar surface area (TPSA) is 55.4 Å². The van der Waals surface area contributed by atoms with Crippen molar-refractivity contribution < 1.29 is 8.76 Å². The van der Waals surface area contributed by atoms with E-state index in [1.807, 2.05) is 7.05 Å². The molecule has 0 aromatic carbocycles. The first kappa shape index (κ1) is 11.1. The fourth-order valence-corrected chi connectivity index (χ4v) is 2.06. The maximum absolute atomic E-state index is 10.3. The third-order valence-electron chi connectivity index (χ3n) is 2.57. The lowest BCUT2D eigenvalue weighted by atomic mass is 10.1. The van der Waals surface area contributed by atoms with E-state index in [2.05, 4.69) is 10.2 Å². The minimum Gasteiger partial charge on any atom is -0.772 e. The fraction of sp³-hybridized carbons (Fsp3) is 1.00. The van der Waals surface area contributed by atoms with Gasteiger partial charge in [0.1, 0.15) is 0 Å². The molecule has 1 rings (SSSR count). The molecule has 5 heteroatoms. The van der Waals surface area contributed by atoms with E-state index in [0.29, 0.717) is 12.6 Å². The molecule has 0 radical (unpaired) electrons. The highest BCUT2D eigenvalue weighted by atomic mass is 32.2. The minimum atomic E-state index is -1.89. The monoisotopic (exact) mass is 205 g/mol. The second-order valence-electron chi connectivity index (χ2n) is 3.41. The molecule has 0 bridgehead atoms. The third kappa shape index (κ3) is 4.17. The van der Waals surface area contributed by atoms with Crippen LogP contribution in [0.5, 0.6) is 0 Å². The summed E-state index contributed by atoms with van der Waals surface area (Å²) >= 11 is -1.89. The van der Waals surface area contributed by atoms with Gasteiger partial charge in [-0.15, -0.1) is 0 Å². The van der Waals surface area contributed by atoms with Crippen LogP contribution in [0.2, 0.25) is 0 Å². The minimum absolute atomic E-state index is 0.268. The lowest BCUT2D eigenvalue weighted by molar-refractivity contribution is 0.211. The Morgan fingerprint density at radius 1 is 1.54 bits per heavy atom. The van der Waals surface area contributed by atoms with Crippen LogP contribution in [0.25, 0.3) is 0 Å². The average Bonchev–Trinajstić information content (AvgIpc) is 2.15. The molecule has 4 nitrogen and oxygen atoms in total. The first-order valence-corrected chi connectivity index (χ1v) is 5.92. The maximum Gasteiger partial charge on any atom is 0.0229 e. The summed E-state index contributed by atoms with van der Waals surface area (Å²) in [4.78, 5) is 2.21. The van der Waals surface area contributed by atoms with E-state index in [-0.39, 0.29) is 5.75 Å². The van der Waals surface area contributed by atoms with Gasteiger partial charge in [0.25, 0.3) is 0 Å². The second-order valence-corrected chi connectivity index (χ2v) is 4.43. The zero-order valence-electron chi connectivity index (χ0n) is 7.99. The predicted octanol–water partition coefficient (Wildman–Crippen LogP) is -0.451. The van der Waals surface area contributed by atoms with Gasteiger partial charge >= 0.3 is 0 Å². The molecular weight excluding hydrogens is 188 g/mol. The van der Waals surface area contributed by atoms with Crippen molar-refractivity contribution in [3.63, 3.8) is 0 Å². The first-order chi connectivity index (χ1) is 6.22. The summed E-state index contributed by atoms with van der Waals surface area (Å²) in [5.41, 5.74) is 0. The SMILES string of the molecule is CNC1CCN(CCS(=O)[O-])CC1. The van der Waals surface area contributed by atoms with Crippen molar-refractivity contribution in [2.75, 3.05) is 32.4 Å². The van der Waals surface area contributed by atoms with Gasteiger partial charge < -0.3 is 14.8 Å². The molecule has 0 amide bonds. The number of nitrogens with zero attached hydrogens (tertiary/aromatic N) is 1. The Bertz CT molecular complexity index is 170. The molecule has 1 saturated heterocycles. The van der Waals surface area contributed by atoms with Crippen LogP contribution in [0.4, 0.5) is 0 Å². The highest BCUT2D eigenvalue weighted by molar-refractivity contribution is 7.79. The summed E-state index contributed by atoms with van der Waals surface area (Å²) in [7, 11) is 1.98. The molecular formula is C8H17N2O2S-. The Balaban J connectivity index is 2.14. The van der Waals surface area contributed by atoms with Crippen molar-refractivity contribution in [1.29, 1.82) is 0 Å². The molecule has 1 aliphatic rings. The van der Waals surface area contributed by atoms with E-state index < -0.39 is 11.1 Å². The van der Waals surface area contributed by atoms with Gasteiger partial charge in [0.15, 0.2) is 0 Å². The summed E-state index contributed by atoms with van der Waals surface area (Å²) in [6.45, 7) is 2.72. The number of hydrogen-bond donors (Lipinski definition) is 1. The van der Waals surface area contributed by atoms with Crippen LogP contribution in [-0.4, -0.2) is 52.1 Å². The predicted molar refractivity (Wildman–Crippen MR) is 52.3 cm³/mol. The van der Waals surface area contributed by atoms with E-state index in [1.165, 1.54) is 0 Å². The van der Waals surface area contributed by atoms with Crippen LogP contribution >= 0.6 is 0 Å². The Morgan fingerprint density at radius 2 is 2.15 bits per heavy atom. The molecule has 1 aliphatic heterocycles. The summed E-state index contributed by atoms with van der Waals surface area (Å²) in [6, 6.07) is 0.619. The summed E-state index contributed by atoms with van der Waals surface area (Å²) in [5.74, 6) is 0.268. The molecule has 1 N–H and O–H groups in total. The van der Waals surface area contributed by atoms with Gasteiger partial charge in [-0.25, -0.2) is 0 Å². The van der Waals surface area contributed by atoms with Crippen LogP contribution in [0.1, 0.15) is 12.8 Å². The van der Waals surface area contributed by atoms with Gasteiger partial charge in [-0.05, 0) is 33.0 Å². The summed E-state index contributed by atoms with van der Waals surface area (Å²) in [6.07, 6.45) is 2.25. The van der Waals surface area contributed by atoms with Gasteiger partial charge in [-0.2, -0.15) is 0 Å². The van der Waals surface area contributed by atoms with E-state index in [1.54, 1.807) is 0 Å². The van der Waals surface area contributed by atoms with E-state index in [4.69, 9.17) is 0 Å². The van der Waals surface area contributed by atoms with Crippen LogP contribution in [0.15, 0.2) is 0 Å². The van der Waals surface area contributed by atoms with Crippen molar-refractivity contribution >= 4 is 11.1 Å². The lowest BCUT2D eigenvalue weighted by Gasteiger charge is -2.31. The van der Waals surface area contributed by atoms with Crippen LogP contribution in [0, 0.1) is 0 Å². The molecule has 1 heterocycles. The third-order valence-corrected chi connectivity index (χ3v) is 3.09. The van der Waals surface area contributed by atoms with E-state index >= 15 is 0 Å². The number of hydrogen-bond acceptors (Lipinski definition) is 4. The first-order valence-electron chi connectivity index (χ1n) is 4.68. The molecule has 1 atom stereocenters. The van der Waals surface area contributed by atoms with Gasteiger partial charge in [0, 0.05) is 18.3 Å². The van der Waals surface area contributed by atoms with Gasteiger partial charge in [0.05, 0.1) is 0 Å². The number of rotatable bonds is 4. The Hall–Kier alpha value is 0.0300. The number of piperidine rings is 1. The highest BCUT2D eigenvalue weighted by Crippen LogP contribution is 2.08. The smallest absolute Gasteiger partial charge is 0.0229 e. The zero-order chi connectivity index (χ0) is 9.68. The lowest BCUT2D eigenvalue weighted by Crippen LogP contribution is -2.42. The number of likely N-dealkylation sites (tertiary alicyclic amines) is 1. The fourth-order valence-electron chi connectivity index (χ4n) is 1.65. The Morgan fingerprint density at radius 3 is 2.62 bits per heavy atom. The standard InChI is InChI=1S/C8H18N2O2S/c1-9-8-2-4-10(5-3-8)6-7-13(11)12/h8-9H,2-7H2,1H3,(H,11,12)/p-1. The average molecular weight is 205 g/mol. The van der Waals surface area contributed by atoms with Crippen LogP contribution < -0.4 is 5.32 Å². The molecule has 0 aromatic rings. The molecule has 78 valence electrons. The van der Waals surface area contributed by atoms with Crippen molar-refractivity contribution in [2.45, 2.75) is 18.9 Å². The molecule has 0 aliphatic carbocycles. The molecule has 1 fully saturated rings. The van der Waals surface area contributed by atoms with E-state index in [9.17, 15) is 8.76 Å². The molecule has 0 spiro atoms. The van der Waals surface area contributed by atoms with Crippen molar-refractivity contribution in [2.24, 2.45) is 0 Å². The summed E-state index contributed by atoms with van der Waals surface area (Å²) in [5, 5.41) is 3.24. The largest absolute Gasteiger partial charge is 0.772 e. The molecule has 1 unspecified atom stereocenters. The van der Waals surface area contributed by atoms with Gasteiger partial charge in [0.2, 0.25) is 0 Å². The van der Waals surface area contributed by atoms with Crippen LogP contribution in [-0.2, 0) is 11.1 Å². The normalized spacial score (nSPS) is 23.2. The molecule has 13 heavy (non-hydrogen) atoms. The van der Waals surface area contributed by atoms with Gasteiger partial charge in [-0.3, -0.25) is 4.21 Å². The van der Waals surface area contributed by atoms with Crippen molar-refractivity contribution in [1.82, 2.24) is 10.2 Å². The van der Waals surface area contributed by atoms with Crippen LogP contribution in [0.3, 0.4) is 0 Å². The second kappa shape index (κ2) is 5.70. The Labute approximate surface area is 82.0 Å².